The predicted octanol–water partition coefficient (Wildman–Crippen LogP) is 3.19. The lowest BCUT2D eigenvalue weighted by molar-refractivity contribution is -0.125. The van der Waals surface area contributed by atoms with Crippen LogP contribution in [0.3, 0.4) is 0 Å². The first-order chi connectivity index (χ1) is 15.6. The number of carbonyl (C=O) groups is 3. The maximum atomic E-state index is 12.7. The number of hydrogen-bond donors (Lipinski definition) is 2. The van der Waals surface area contributed by atoms with Gasteiger partial charge in [0.15, 0.2) is 0 Å². The Labute approximate surface area is 185 Å². The fourth-order valence-corrected chi connectivity index (χ4v) is 4.18. The van der Waals surface area contributed by atoms with Gasteiger partial charge in [-0.25, -0.2) is 9.78 Å². The number of aromatic nitrogens is 2. The standard InChI is InChI=1S/C24H23N5O3/c30-21-14-26-24(32)29(21)15-16-4-3-5-18(12-16)23(31)27-19-9-7-17(8-10-19)22-25-13-20-6-1-2-11-28(20)22/h3-5,7-10,12-13H,1-2,6,11,14-15H2,(H,26,32)(H,27,31). The molecule has 2 aliphatic rings. The zero-order valence-electron chi connectivity index (χ0n) is 17.5. The first-order valence-electron chi connectivity index (χ1n) is 10.7. The summed E-state index contributed by atoms with van der Waals surface area (Å²) < 4.78 is 2.27. The number of fused-ring (bicyclic) bond motifs is 1. The monoisotopic (exact) mass is 429 g/mol. The quantitative estimate of drug-likeness (QED) is 0.609. The fraction of sp³-hybridized carbons (Fsp3) is 0.250. The van der Waals surface area contributed by atoms with Crippen molar-refractivity contribution in [3.05, 3.63) is 71.5 Å². The summed E-state index contributed by atoms with van der Waals surface area (Å²) >= 11 is 0. The van der Waals surface area contributed by atoms with Gasteiger partial charge in [0.05, 0.1) is 13.1 Å². The third-order valence-corrected chi connectivity index (χ3v) is 5.87. The van der Waals surface area contributed by atoms with Gasteiger partial charge in [-0.1, -0.05) is 12.1 Å². The van der Waals surface area contributed by atoms with Crippen molar-refractivity contribution in [2.75, 3.05) is 11.9 Å². The van der Waals surface area contributed by atoms with Crippen molar-refractivity contribution in [3.8, 4) is 11.4 Å². The summed E-state index contributed by atoms with van der Waals surface area (Å²) in [6, 6.07) is 14.2. The molecule has 0 aliphatic carbocycles. The minimum Gasteiger partial charge on any atom is -0.329 e. The van der Waals surface area contributed by atoms with E-state index in [1.54, 1.807) is 24.3 Å². The molecular weight excluding hydrogens is 406 g/mol. The van der Waals surface area contributed by atoms with Gasteiger partial charge in [-0.05, 0) is 61.2 Å². The summed E-state index contributed by atoms with van der Waals surface area (Å²) in [7, 11) is 0. The van der Waals surface area contributed by atoms with E-state index in [4.69, 9.17) is 0 Å². The Morgan fingerprint density at radius 2 is 1.94 bits per heavy atom. The van der Waals surface area contributed by atoms with Crippen LogP contribution in [-0.2, 0) is 24.3 Å². The van der Waals surface area contributed by atoms with E-state index in [9.17, 15) is 14.4 Å². The number of rotatable bonds is 5. The van der Waals surface area contributed by atoms with Crippen molar-refractivity contribution in [3.63, 3.8) is 0 Å². The number of aryl methyl sites for hydroxylation is 1. The van der Waals surface area contributed by atoms with Crippen LogP contribution in [-0.4, -0.2) is 38.8 Å². The van der Waals surface area contributed by atoms with E-state index in [1.165, 1.54) is 18.5 Å². The van der Waals surface area contributed by atoms with E-state index in [-0.39, 0.29) is 24.9 Å². The first-order valence-corrected chi connectivity index (χ1v) is 10.7. The van der Waals surface area contributed by atoms with Crippen LogP contribution < -0.4 is 10.6 Å². The topological polar surface area (TPSA) is 96.3 Å². The number of nitrogens with one attached hydrogen (secondary N) is 2. The molecule has 0 saturated carbocycles. The van der Waals surface area contributed by atoms with Gasteiger partial charge in [-0.15, -0.1) is 0 Å². The summed E-state index contributed by atoms with van der Waals surface area (Å²) in [4.78, 5) is 42.0. The molecule has 32 heavy (non-hydrogen) atoms. The van der Waals surface area contributed by atoms with Gasteiger partial charge in [0.25, 0.3) is 5.91 Å². The SMILES string of the molecule is O=C(Nc1ccc(-c2ncc3n2CCCC3)cc1)c1cccc(CN2C(=O)CNC2=O)c1. The summed E-state index contributed by atoms with van der Waals surface area (Å²) in [5, 5.41) is 5.40. The number of imidazole rings is 1. The molecule has 0 spiro atoms. The first kappa shape index (κ1) is 20.0. The van der Waals surface area contributed by atoms with E-state index in [2.05, 4.69) is 20.2 Å². The number of hydrogen-bond acceptors (Lipinski definition) is 4. The van der Waals surface area contributed by atoms with E-state index >= 15 is 0 Å². The number of anilines is 1. The molecule has 0 atom stereocenters. The highest BCUT2D eigenvalue weighted by Gasteiger charge is 2.28. The maximum absolute atomic E-state index is 12.7. The van der Waals surface area contributed by atoms with Crippen LogP contribution in [0.2, 0.25) is 0 Å². The summed E-state index contributed by atoms with van der Waals surface area (Å²) in [6.45, 7) is 1.13. The van der Waals surface area contributed by atoms with Crippen LogP contribution in [0.5, 0.6) is 0 Å². The zero-order chi connectivity index (χ0) is 22.1. The minimum absolute atomic E-state index is 0.0105. The fourth-order valence-electron chi connectivity index (χ4n) is 4.18. The third-order valence-electron chi connectivity index (χ3n) is 5.87. The molecule has 0 unspecified atom stereocenters. The molecule has 162 valence electrons. The summed E-state index contributed by atoms with van der Waals surface area (Å²) in [5.41, 5.74) is 4.15. The van der Waals surface area contributed by atoms with Gasteiger partial charge in [-0.2, -0.15) is 0 Å². The van der Waals surface area contributed by atoms with Crippen molar-refractivity contribution < 1.29 is 14.4 Å². The van der Waals surface area contributed by atoms with E-state index < -0.39 is 6.03 Å². The Morgan fingerprint density at radius 1 is 1.09 bits per heavy atom. The van der Waals surface area contributed by atoms with Gasteiger partial charge in [-0.3, -0.25) is 14.5 Å². The summed E-state index contributed by atoms with van der Waals surface area (Å²) in [6.07, 6.45) is 5.40. The average Bonchev–Trinajstić information content (AvgIpc) is 3.38. The van der Waals surface area contributed by atoms with Crippen LogP contribution in [0.15, 0.2) is 54.7 Å². The molecule has 0 bridgehead atoms. The number of carbonyl (C=O) groups excluding carboxylic acids is 3. The lowest BCUT2D eigenvalue weighted by Crippen LogP contribution is -2.30. The summed E-state index contributed by atoms with van der Waals surface area (Å²) in [5.74, 6) is 0.435. The second kappa shape index (κ2) is 8.30. The van der Waals surface area contributed by atoms with E-state index in [0.29, 0.717) is 16.8 Å². The Morgan fingerprint density at radius 3 is 2.72 bits per heavy atom. The van der Waals surface area contributed by atoms with Gasteiger partial charge in [0.2, 0.25) is 5.91 Å². The lowest BCUT2D eigenvalue weighted by Gasteiger charge is -2.16. The van der Waals surface area contributed by atoms with Crippen molar-refractivity contribution in [2.24, 2.45) is 0 Å². The molecule has 2 N–H and O–H groups in total. The van der Waals surface area contributed by atoms with E-state index in [0.717, 1.165) is 29.3 Å². The van der Waals surface area contributed by atoms with E-state index in [1.807, 2.05) is 30.5 Å². The molecule has 8 nitrogen and oxygen atoms in total. The van der Waals surface area contributed by atoms with Crippen LogP contribution in [0, 0.1) is 0 Å². The van der Waals surface area contributed by atoms with Gasteiger partial charge >= 0.3 is 6.03 Å². The highest BCUT2D eigenvalue weighted by Crippen LogP contribution is 2.25. The predicted molar refractivity (Wildman–Crippen MR) is 119 cm³/mol. The molecule has 3 heterocycles. The molecule has 2 aromatic carbocycles. The zero-order valence-corrected chi connectivity index (χ0v) is 17.5. The lowest BCUT2D eigenvalue weighted by atomic mass is 10.1. The highest BCUT2D eigenvalue weighted by atomic mass is 16.2. The number of benzene rings is 2. The van der Waals surface area contributed by atoms with Crippen molar-refractivity contribution >= 4 is 23.5 Å². The molecular formula is C24H23N5O3. The number of imide groups is 1. The molecule has 3 aromatic rings. The molecule has 0 radical (unpaired) electrons. The molecule has 8 heteroatoms. The van der Waals surface area contributed by atoms with Gasteiger partial charge in [0, 0.05) is 35.2 Å². The van der Waals surface area contributed by atoms with Crippen LogP contribution in [0.25, 0.3) is 11.4 Å². The Bertz CT molecular complexity index is 1180. The van der Waals surface area contributed by atoms with Crippen LogP contribution in [0.1, 0.15) is 34.5 Å². The number of urea groups is 1. The second-order valence-electron chi connectivity index (χ2n) is 8.05. The Kier molecular flexibility index (Phi) is 5.18. The second-order valence-corrected chi connectivity index (χ2v) is 8.05. The normalized spacial score (nSPS) is 15.4. The van der Waals surface area contributed by atoms with Gasteiger partial charge in [0.1, 0.15) is 5.82 Å². The largest absolute Gasteiger partial charge is 0.329 e. The number of amides is 4. The third kappa shape index (κ3) is 3.87. The Hall–Kier alpha value is -3.94. The van der Waals surface area contributed by atoms with Crippen molar-refractivity contribution in [2.45, 2.75) is 32.4 Å². The van der Waals surface area contributed by atoms with Crippen LogP contribution in [0.4, 0.5) is 10.5 Å². The molecule has 1 aromatic heterocycles. The van der Waals surface area contributed by atoms with Crippen LogP contribution >= 0.6 is 0 Å². The van der Waals surface area contributed by atoms with Crippen molar-refractivity contribution in [1.82, 2.24) is 19.8 Å². The Balaban J connectivity index is 1.28. The minimum atomic E-state index is -0.413. The molecule has 5 rings (SSSR count). The number of nitrogens with zero attached hydrogens (tertiary/aromatic N) is 3. The molecule has 1 fully saturated rings. The van der Waals surface area contributed by atoms with Crippen molar-refractivity contribution in [1.29, 1.82) is 0 Å². The smallest absolute Gasteiger partial charge is 0.324 e. The molecule has 4 amide bonds. The van der Waals surface area contributed by atoms with Gasteiger partial charge < -0.3 is 15.2 Å². The highest BCUT2D eigenvalue weighted by molar-refractivity contribution is 6.04. The molecule has 1 saturated heterocycles. The molecule has 2 aliphatic heterocycles. The average molecular weight is 429 g/mol. The maximum Gasteiger partial charge on any atom is 0.324 e.